The van der Waals surface area contributed by atoms with E-state index in [0.717, 1.165) is 29.8 Å². The molecule has 2 heterocycles. The van der Waals surface area contributed by atoms with Gasteiger partial charge in [-0.05, 0) is 61.2 Å². The van der Waals surface area contributed by atoms with Gasteiger partial charge in [-0.2, -0.15) is 0 Å². The van der Waals surface area contributed by atoms with Crippen molar-refractivity contribution in [1.82, 2.24) is 15.6 Å². The van der Waals surface area contributed by atoms with Gasteiger partial charge in [0.25, 0.3) is 5.91 Å². The highest BCUT2D eigenvalue weighted by Gasteiger charge is 2.35. The van der Waals surface area contributed by atoms with Gasteiger partial charge in [0, 0.05) is 36.3 Å². The number of carbonyl (C=O) groups is 1. The normalized spacial score (nSPS) is 17.7. The molecule has 1 aliphatic heterocycles. The van der Waals surface area contributed by atoms with E-state index in [1.165, 1.54) is 88.6 Å². The molecule has 1 aromatic heterocycles. The van der Waals surface area contributed by atoms with Gasteiger partial charge < -0.3 is 15.6 Å². The summed E-state index contributed by atoms with van der Waals surface area (Å²) in [6, 6.07) is 12.3. The summed E-state index contributed by atoms with van der Waals surface area (Å²) in [4.78, 5) is 16.4. The van der Waals surface area contributed by atoms with Crippen molar-refractivity contribution in [2.45, 2.75) is 93.1 Å². The highest BCUT2D eigenvalue weighted by atomic mass is 32.2. The Morgan fingerprint density at radius 3 is 2.39 bits per heavy atom. The number of amides is 1. The third kappa shape index (κ3) is 5.57. The number of H-pyrrole nitrogens is 1. The zero-order valence-corrected chi connectivity index (χ0v) is 22.7. The lowest BCUT2D eigenvalue weighted by Gasteiger charge is -2.38. The average molecular weight is 538 g/mol. The quantitative estimate of drug-likeness (QED) is 0.387. The lowest BCUT2D eigenvalue weighted by atomic mass is 9.80. The first-order valence-corrected chi connectivity index (χ1v) is 15.1. The van der Waals surface area contributed by atoms with Crippen molar-refractivity contribution in [2.24, 2.45) is 0 Å². The van der Waals surface area contributed by atoms with Crippen LogP contribution in [0.4, 0.5) is 4.39 Å². The van der Waals surface area contributed by atoms with Gasteiger partial charge in [0.1, 0.15) is 11.5 Å². The molecule has 1 spiro atoms. The van der Waals surface area contributed by atoms with Crippen LogP contribution >= 0.6 is 0 Å². The Bertz CT molecular complexity index is 1400. The molecule has 0 unspecified atom stereocenters. The number of halogens is 1. The Hall–Kier alpha value is -2.97. The van der Waals surface area contributed by atoms with Crippen molar-refractivity contribution in [3.8, 4) is 0 Å². The van der Waals surface area contributed by atoms with Gasteiger partial charge in [0.05, 0.1) is 9.79 Å². The Morgan fingerprint density at radius 1 is 1.00 bits per heavy atom. The largest absolute Gasteiger partial charge is 0.354 e. The Morgan fingerprint density at radius 2 is 1.68 bits per heavy atom. The third-order valence-corrected chi connectivity index (χ3v) is 10.1. The predicted octanol–water partition coefficient (Wildman–Crippen LogP) is 5.74. The minimum Gasteiger partial charge on any atom is -0.354 e. The molecule has 6 nitrogen and oxygen atoms in total. The molecule has 202 valence electrons. The maximum absolute atomic E-state index is 13.9. The molecule has 0 saturated heterocycles. The fraction of sp³-hybridized carbons (Fsp3) is 0.433. The average Bonchev–Trinajstić information content (AvgIpc) is 3.37. The summed E-state index contributed by atoms with van der Waals surface area (Å²) in [6.07, 6.45) is 11.0. The summed E-state index contributed by atoms with van der Waals surface area (Å²) in [7, 11) is -3.84. The second-order valence-corrected chi connectivity index (χ2v) is 12.7. The maximum Gasteiger partial charge on any atom is 0.267 e. The van der Waals surface area contributed by atoms with Gasteiger partial charge in [-0.25, -0.2) is 12.8 Å². The number of nitrogens with one attached hydrogen (secondary N) is 3. The molecule has 5 rings (SSSR count). The molecule has 2 aromatic carbocycles. The van der Waals surface area contributed by atoms with Gasteiger partial charge >= 0.3 is 0 Å². The fourth-order valence-electron chi connectivity index (χ4n) is 5.84. The van der Waals surface area contributed by atoms with E-state index in [0.29, 0.717) is 5.69 Å². The molecular formula is C30H36FN3O3S. The number of sulfone groups is 1. The van der Waals surface area contributed by atoms with Crippen LogP contribution in [0.25, 0.3) is 0 Å². The molecule has 8 heteroatoms. The number of rotatable bonds is 5. The molecule has 1 saturated carbocycles. The summed E-state index contributed by atoms with van der Waals surface area (Å²) in [5, 5.41) is 6.75. The van der Waals surface area contributed by atoms with Gasteiger partial charge in [-0.15, -0.1) is 0 Å². The molecule has 2 aliphatic rings. The lowest BCUT2D eigenvalue weighted by molar-refractivity contribution is 0.0946. The molecule has 1 fully saturated rings. The van der Waals surface area contributed by atoms with E-state index in [9.17, 15) is 17.6 Å². The number of benzene rings is 2. The number of aromatic nitrogens is 1. The zero-order valence-electron chi connectivity index (χ0n) is 21.9. The van der Waals surface area contributed by atoms with Crippen LogP contribution in [0.3, 0.4) is 0 Å². The minimum absolute atomic E-state index is 0.0412. The number of fused-ring (bicyclic) bond motifs is 1. The topological polar surface area (TPSA) is 91.1 Å². The molecule has 0 atom stereocenters. The van der Waals surface area contributed by atoms with Crippen LogP contribution in [0.5, 0.6) is 0 Å². The van der Waals surface area contributed by atoms with E-state index in [4.69, 9.17) is 0 Å². The fourth-order valence-corrected chi connectivity index (χ4v) is 7.35. The van der Waals surface area contributed by atoms with Gasteiger partial charge in [-0.1, -0.05) is 56.7 Å². The van der Waals surface area contributed by atoms with Crippen LogP contribution in [0.1, 0.15) is 84.2 Å². The number of hydrogen-bond donors (Lipinski definition) is 3. The molecular weight excluding hydrogens is 501 g/mol. The Kier molecular flexibility index (Phi) is 7.73. The monoisotopic (exact) mass is 537 g/mol. The van der Waals surface area contributed by atoms with Crippen LogP contribution < -0.4 is 10.6 Å². The van der Waals surface area contributed by atoms with Crippen LogP contribution in [0.15, 0.2) is 58.3 Å². The van der Waals surface area contributed by atoms with Crippen LogP contribution in [0, 0.1) is 12.7 Å². The summed E-state index contributed by atoms with van der Waals surface area (Å²) < 4.78 is 39.9. The summed E-state index contributed by atoms with van der Waals surface area (Å²) >= 11 is 0. The molecule has 3 aromatic rings. The Balaban J connectivity index is 1.22. The number of hydrogen-bond acceptors (Lipinski definition) is 4. The summed E-state index contributed by atoms with van der Waals surface area (Å²) in [5.74, 6) is -0.738. The van der Waals surface area contributed by atoms with Crippen LogP contribution in [0.2, 0.25) is 0 Å². The smallest absolute Gasteiger partial charge is 0.267 e. The second kappa shape index (κ2) is 11.0. The van der Waals surface area contributed by atoms with Crippen molar-refractivity contribution >= 4 is 15.7 Å². The van der Waals surface area contributed by atoms with Crippen molar-refractivity contribution < 1.29 is 17.6 Å². The van der Waals surface area contributed by atoms with Crippen molar-refractivity contribution in [3.05, 3.63) is 82.4 Å². The van der Waals surface area contributed by atoms with Crippen molar-refractivity contribution in [2.75, 3.05) is 0 Å². The van der Waals surface area contributed by atoms with E-state index < -0.39 is 15.7 Å². The maximum atomic E-state index is 13.9. The van der Waals surface area contributed by atoms with Gasteiger partial charge in [0.15, 0.2) is 0 Å². The summed E-state index contributed by atoms with van der Waals surface area (Å²) in [6.45, 7) is 2.50. The molecule has 0 radical (unpaired) electrons. The first-order chi connectivity index (χ1) is 18.3. The van der Waals surface area contributed by atoms with E-state index in [2.05, 4.69) is 15.6 Å². The van der Waals surface area contributed by atoms with Gasteiger partial charge in [-0.3, -0.25) is 4.79 Å². The standard InChI is InChI=1S/C30H36FN3O3S/c1-21-25(31)9-8-10-28(21)38(36,37)24-13-11-22(12-14-24)19-32-29(35)26-17-23-20-33-30(18-27(23)34-26)15-6-4-2-3-5-7-16-30/h8-14,17,33-34H,2-7,15-16,18-20H2,1H3,(H,32,35). The van der Waals surface area contributed by atoms with Crippen LogP contribution in [-0.2, 0) is 29.3 Å². The second-order valence-electron chi connectivity index (χ2n) is 10.8. The number of aromatic amines is 1. The first-order valence-electron chi connectivity index (χ1n) is 13.6. The van der Waals surface area contributed by atoms with E-state index in [-0.39, 0.29) is 33.3 Å². The number of carbonyl (C=O) groups excluding carboxylic acids is 1. The molecule has 0 bridgehead atoms. The highest BCUT2D eigenvalue weighted by Crippen LogP contribution is 2.33. The molecule has 1 aliphatic carbocycles. The molecule has 3 N–H and O–H groups in total. The van der Waals surface area contributed by atoms with E-state index in [1.807, 2.05) is 6.07 Å². The predicted molar refractivity (Wildman–Crippen MR) is 145 cm³/mol. The van der Waals surface area contributed by atoms with E-state index >= 15 is 0 Å². The van der Waals surface area contributed by atoms with E-state index in [1.54, 1.807) is 12.1 Å². The third-order valence-electron chi connectivity index (χ3n) is 8.16. The van der Waals surface area contributed by atoms with Gasteiger partial charge in [0.2, 0.25) is 9.84 Å². The SMILES string of the molecule is Cc1c(F)cccc1S(=O)(=O)c1ccc(CNC(=O)c2cc3c([nH]2)CC2(CCCCCCCC2)NC3)cc1. The van der Waals surface area contributed by atoms with Crippen LogP contribution in [-0.4, -0.2) is 24.8 Å². The molecule has 38 heavy (non-hydrogen) atoms. The first kappa shape index (κ1) is 26.6. The highest BCUT2D eigenvalue weighted by molar-refractivity contribution is 7.91. The summed E-state index contributed by atoms with van der Waals surface area (Å²) in [5.41, 5.74) is 3.87. The lowest BCUT2D eigenvalue weighted by Crippen LogP contribution is -2.49. The molecule has 1 amide bonds. The zero-order chi connectivity index (χ0) is 26.8. The minimum atomic E-state index is -3.84. The van der Waals surface area contributed by atoms with Crippen molar-refractivity contribution in [3.63, 3.8) is 0 Å². The van der Waals surface area contributed by atoms with Crippen molar-refractivity contribution in [1.29, 1.82) is 0 Å². The Labute approximate surface area is 224 Å².